The van der Waals surface area contributed by atoms with Gasteiger partial charge in [0.1, 0.15) is 5.39 Å². The number of hydrogen-bond donors (Lipinski definition) is 1. The number of ether oxygens (including phenoxy) is 2. The number of aromatic amines is 1. The van der Waals surface area contributed by atoms with Crippen LogP contribution in [0.3, 0.4) is 0 Å². The Morgan fingerprint density at radius 1 is 1.32 bits per heavy atom. The SMILES string of the molecule is CCOc1nc2nn(-c3c(C)cc(OC(F)F)nc3C)cc2c(=O)[nH]1. The van der Waals surface area contributed by atoms with E-state index in [1.807, 2.05) is 0 Å². The molecule has 25 heavy (non-hydrogen) atoms. The van der Waals surface area contributed by atoms with Crippen molar-refractivity contribution in [3.8, 4) is 17.6 Å². The van der Waals surface area contributed by atoms with Crippen LogP contribution < -0.4 is 15.0 Å². The number of fused-ring (bicyclic) bond motifs is 1. The fraction of sp³-hybridized carbons (Fsp3) is 0.333. The minimum absolute atomic E-state index is 0.0810. The molecule has 0 radical (unpaired) electrons. The van der Waals surface area contributed by atoms with Crippen molar-refractivity contribution in [3.05, 3.63) is 33.9 Å². The smallest absolute Gasteiger partial charge is 0.388 e. The molecule has 3 aromatic rings. The van der Waals surface area contributed by atoms with Crippen molar-refractivity contribution in [3.63, 3.8) is 0 Å². The van der Waals surface area contributed by atoms with E-state index in [-0.39, 0.29) is 28.5 Å². The van der Waals surface area contributed by atoms with Gasteiger partial charge in [-0.3, -0.25) is 9.78 Å². The highest BCUT2D eigenvalue weighted by Gasteiger charge is 2.16. The molecule has 0 aromatic carbocycles. The van der Waals surface area contributed by atoms with E-state index in [9.17, 15) is 13.6 Å². The molecule has 0 aliphatic carbocycles. The van der Waals surface area contributed by atoms with Crippen molar-refractivity contribution in [2.75, 3.05) is 6.61 Å². The number of alkyl halides is 2. The second-order valence-electron chi connectivity index (χ2n) is 5.20. The van der Waals surface area contributed by atoms with E-state index in [1.54, 1.807) is 20.8 Å². The highest BCUT2D eigenvalue weighted by Crippen LogP contribution is 2.23. The number of aryl methyl sites for hydroxylation is 2. The van der Waals surface area contributed by atoms with Gasteiger partial charge in [-0.25, -0.2) is 9.67 Å². The zero-order chi connectivity index (χ0) is 18.1. The maximum absolute atomic E-state index is 12.4. The van der Waals surface area contributed by atoms with Crippen LogP contribution in [0.4, 0.5) is 8.78 Å². The molecule has 0 aliphatic heterocycles. The van der Waals surface area contributed by atoms with Crippen LogP contribution in [0.2, 0.25) is 0 Å². The maximum Gasteiger partial charge on any atom is 0.388 e. The largest absolute Gasteiger partial charge is 0.465 e. The highest BCUT2D eigenvalue weighted by molar-refractivity contribution is 5.73. The van der Waals surface area contributed by atoms with E-state index in [0.29, 0.717) is 23.6 Å². The van der Waals surface area contributed by atoms with Gasteiger partial charge in [-0.2, -0.15) is 13.8 Å². The summed E-state index contributed by atoms with van der Waals surface area (Å²) < 4.78 is 35.7. The Morgan fingerprint density at radius 2 is 2.08 bits per heavy atom. The number of halogens is 2. The van der Waals surface area contributed by atoms with Crippen molar-refractivity contribution in [2.24, 2.45) is 0 Å². The van der Waals surface area contributed by atoms with Gasteiger partial charge in [0.2, 0.25) is 5.88 Å². The van der Waals surface area contributed by atoms with Gasteiger partial charge in [0, 0.05) is 12.3 Å². The quantitative estimate of drug-likeness (QED) is 0.757. The predicted molar refractivity (Wildman–Crippen MR) is 84.6 cm³/mol. The first-order valence-electron chi connectivity index (χ1n) is 7.45. The molecular weight excluding hydrogens is 336 g/mol. The summed E-state index contributed by atoms with van der Waals surface area (Å²) in [6.45, 7) is 2.51. The topological polar surface area (TPSA) is 94.9 Å². The Labute approximate surface area is 140 Å². The monoisotopic (exact) mass is 351 g/mol. The summed E-state index contributed by atoms with van der Waals surface area (Å²) in [4.78, 5) is 22.8. The second-order valence-corrected chi connectivity index (χ2v) is 5.20. The number of aromatic nitrogens is 5. The molecule has 8 nitrogen and oxygen atoms in total. The molecule has 0 amide bonds. The summed E-state index contributed by atoms with van der Waals surface area (Å²) >= 11 is 0. The van der Waals surface area contributed by atoms with Crippen LogP contribution >= 0.6 is 0 Å². The summed E-state index contributed by atoms with van der Waals surface area (Å²) in [5, 5.41) is 4.55. The summed E-state index contributed by atoms with van der Waals surface area (Å²) in [7, 11) is 0. The molecule has 0 unspecified atom stereocenters. The third-order valence-electron chi connectivity index (χ3n) is 3.42. The molecule has 1 N–H and O–H groups in total. The third kappa shape index (κ3) is 3.28. The molecule has 0 atom stereocenters. The van der Waals surface area contributed by atoms with Crippen LogP contribution in [0.5, 0.6) is 11.9 Å². The van der Waals surface area contributed by atoms with Gasteiger partial charge >= 0.3 is 6.61 Å². The number of rotatable bonds is 5. The first kappa shape index (κ1) is 16.8. The fourth-order valence-corrected chi connectivity index (χ4v) is 2.50. The van der Waals surface area contributed by atoms with Gasteiger partial charge in [0.05, 0.1) is 18.0 Å². The van der Waals surface area contributed by atoms with Gasteiger partial charge < -0.3 is 9.47 Å². The Balaban J connectivity index is 2.10. The molecule has 0 fully saturated rings. The van der Waals surface area contributed by atoms with Crippen LogP contribution in [-0.4, -0.2) is 38.0 Å². The average molecular weight is 351 g/mol. The lowest BCUT2D eigenvalue weighted by atomic mass is 10.2. The summed E-state index contributed by atoms with van der Waals surface area (Å²) in [6.07, 6.45) is 1.50. The first-order valence-corrected chi connectivity index (χ1v) is 7.45. The molecule has 3 aromatic heterocycles. The average Bonchev–Trinajstić information content (AvgIpc) is 2.90. The molecule has 0 bridgehead atoms. The zero-order valence-corrected chi connectivity index (χ0v) is 13.7. The third-order valence-corrected chi connectivity index (χ3v) is 3.42. The molecular formula is C15H15F2N5O3. The normalized spacial score (nSPS) is 11.3. The first-order chi connectivity index (χ1) is 11.9. The van der Waals surface area contributed by atoms with Crippen LogP contribution in [-0.2, 0) is 0 Å². The fourth-order valence-electron chi connectivity index (χ4n) is 2.50. The molecule has 3 heterocycles. The zero-order valence-electron chi connectivity index (χ0n) is 13.7. The molecule has 0 spiro atoms. The lowest BCUT2D eigenvalue weighted by Crippen LogP contribution is -2.09. The number of hydrogen-bond acceptors (Lipinski definition) is 6. The summed E-state index contributed by atoms with van der Waals surface area (Å²) in [5.41, 5.74) is 1.40. The van der Waals surface area contributed by atoms with Crippen LogP contribution in [0.15, 0.2) is 17.1 Å². The number of H-pyrrole nitrogens is 1. The van der Waals surface area contributed by atoms with Crippen LogP contribution in [0.1, 0.15) is 18.2 Å². The van der Waals surface area contributed by atoms with Crippen LogP contribution in [0.25, 0.3) is 16.7 Å². The van der Waals surface area contributed by atoms with E-state index < -0.39 is 6.61 Å². The Morgan fingerprint density at radius 3 is 2.72 bits per heavy atom. The van der Waals surface area contributed by atoms with E-state index in [1.165, 1.54) is 16.9 Å². The lowest BCUT2D eigenvalue weighted by Gasteiger charge is -2.11. The summed E-state index contributed by atoms with van der Waals surface area (Å²) in [6, 6.07) is 1.46. The van der Waals surface area contributed by atoms with Crippen molar-refractivity contribution in [1.82, 2.24) is 24.7 Å². The Bertz CT molecular complexity index is 960. The maximum atomic E-state index is 12.4. The molecule has 0 aliphatic rings. The molecule has 3 rings (SSSR count). The van der Waals surface area contributed by atoms with E-state index >= 15 is 0 Å². The van der Waals surface area contributed by atoms with E-state index in [4.69, 9.17) is 4.74 Å². The molecule has 0 saturated carbocycles. The van der Waals surface area contributed by atoms with Gasteiger partial charge in [0.15, 0.2) is 5.65 Å². The standard InChI is InChI=1S/C15H15F2N5O3/c1-4-24-15-19-12-9(13(23)20-15)6-22(21-12)11-7(2)5-10(18-8(11)3)25-14(16)17/h5-6,14H,4H2,1-3H3,(H,19,20,21,23). The number of nitrogens with one attached hydrogen (secondary N) is 1. The van der Waals surface area contributed by atoms with Gasteiger partial charge in [-0.15, -0.1) is 5.10 Å². The minimum Gasteiger partial charge on any atom is -0.465 e. The van der Waals surface area contributed by atoms with Crippen molar-refractivity contribution >= 4 is 11.0 Å². The van der Waals surface area contributed by atoms with Gasteiger partial charge in [-0.1, -0.05) is 0 Å². The minimum atomic E-state index is -2.95. The Kier molecular flexibility index (Phi) is 4.34. The highest BCUT2D eigenvalue weighted by atomic mass is 19.3. The lowest BCUT2D eigenvalue weighted by molar-refractivity contribution is -0.0529. The van der Waals surface area contributed by atoms with Crippen molar-refractivity contribution in [1.29, 1.82) is 0 Å². The van der Waals surface area contributed by atoms with Gasteiger partial charge in [-0.05, 0) is 26.3 Å². The van der Waals surface area contributed by atoms with Crippen molar-refractivity contribution in [2.45, 2.75) is 27.4 Å². The molecule has 10 heteroatoms. The molecule has 0 saturated heterocycles. The van der Waals surface area contributed by atoms with E-state index in [0.717, 1.165) is 0 Å². The van der Waals surface area contributed by atoms with Crippen molar-refractivity contribution < 1.29 is 18.3 Å². The predicted octanol–water partition coefficient (Wildman–Crippen LogP) is 2.12. The van der Waals surface area contributed by atoms with Gasteiger partial charge in [0.25, 0.3) is 11.6 Å². The summed E-state index contributed by atoms with van der Waals surface area (Å²) in [5.74, 6) is -0.180. The Hall–Kier alpha value is -3.04. The second kappa shape index (κ2) is 6.46. The van der Waals surface area contributed by atoms with E-state index in [2.05, 4.69) is 24.8 Å². The van der Waals surface area contributed by atoms with Crippen LogP contribution in [0, 0.1) is 13.8 Å². The number of pyridine rings is 1. The molecule has 132 valence electrons. The number of nitrogens with zero attached hydrogens (tertiary/aromatic N) is 4.